The minimum Gasteiger partial charge on any atom is -1.00 e. The van der Waals surface area contributed by atoms with Crippen LogP contribution in [-0.4, -0.2) is 0 Å². The molecule has 0 atom stereocenters. The standard InChI is InChI=1S/Eu.Ho.Li.Lu.Nd.Rb.Sm.2H/q;;+1;;;+1;;2*-1. The van der Waals surface area contributed by atoms with Crippen LogP contribution < -0.4 is 77.0 Å². The Balaban J connectivity index is 0. The maximum absolute atomic E-state index is 0. The van der Waals surface area contributed by atoms with E-state index in [0.717, 1.165) is 0 Å². The average molecular weight is 881 g/mol. The van der Waals surface area contributed by atoms with Gasteiger partial charge in [-0.15, -0.1) is 0 Å². The summed E-state index contributed by atoms with van der Waals surface area (Å²) in [6.07, 6.45) is 0. The Bertz CT molecular complexity index is 26.5. The molecule has 0 aromatic heterocycles. The second kappa shape index (κ2) is 36.2. The van der Waals surface area contributed by atoms with Crippen molar-refractivity contribution in [2.24, 2.45) is 0 Å². The van der Waals surface area contributed by atoms with Gasteiger partial charge in [0.1, 0.15) is 0 Å². The Hall–Kier alpha value is 9.17. The first-order chi connectivity index (χ1) is 0. The number of hydrogen-bond donors (Lipinski definition) is 0. The van der Waals surface area contributed by atoms with Gasteiger partial charge in [-0.25, -0.2) is 0 Å². The summed E-state index contributed by atoms with van der Waals surface area (Å²) in [4.78, 5) is 0. The summed E-state index contributed by atoms with van der Waals surface area (Å²) in [7, 11) is 0. The summed E-state index contributed by atoms with van der Waals surface area (Å²) in [6.45, 7) is 0. The van der Waals surface area contributed by atoms with Crippen molar-refractivity contribution in [2.45, 2.75) is 0 Å². The topological polar surface area (TPSA) is 0 Å². The quantitative estimate of drug-likeness (QED) is 0.213. The van der Waals surface area contributed by atoms with Crippen LogP contribution in [0, 0.1) is 205 Å². The van der Waals surface area contributed by atoms with Gasteiger partial charge < -0.3 is 2.85 Å². The van der Waals surface area contributed by atoms with E-state index in [4.69, 9.17) is 0 Å². The van der Waals surface area contributed by atoms with Gasteiger partial charge in [0.25, 0.3) is 0 Å². The van der Waals surface area contributed by atoms with Gasteiger partial charge in [0, 0.05) is 205 Å². The van der Waals surface area contributed by atoms with E-state index in [1.54, 1.807) is 0 Å². The van der Waals surface area contributed by atoms with Crippen molar-refractivity contribution >= 4 is 0 Å². The molecule has 0 saturated heterocycles. The van der Waals surface area contributed by atoms with Crippen LogP contribution in [0.15, 0.2) is 0 Å². The molecule has 7 heteroatoms. The van der Waals surface area contributed by atoms with E-state index in [9.17, 15) is 0 Å². The van der Waals surface area contributed by atoms with E-state index in [1.807, 2.05) is 0 Å². The molecule has 47 valence electrons. The molecule has 0 unspecified atom stereocenters. The van der Waals surface area contributed by atoms with Crippen molar-refractivity contribution < 1.29 is 285 Å². The molecule has 0 amide bonds. The van der Waals surface area contributed by atoms with Crippen molar-refractivity contribution in [3.05, 3.63) is 0 Å². The van der Waals surface area contributed by atoms with Crippen LogP contribution in [0.2, 0.25) is 0 Å². The summed E-state index contributed by atoms with van der Waals surface area (Å²) in [5, 5.41) is 0. The molecule has 0 aliphatic rings. The van der Waals surface area contributed by atoms with E-state index >= 15 is 0 Å². The first-order valence-electron chi connectivity index (χ1n) is 0. The van der Waals surface area contributed by atoms with Crippen molar-refractivity contribution in [2.75, 3.05) is 0 Å². The van der Waals surface area contributed by atoms with Gasteiger partial charge in [-0.3, -0.25) is 0 Å². The molecule has 0 spiro atoms. The monoisotopic (exact) mass is 881 g/mol. The van der Waals surface area contributed by atoms with Crippen molar-refractivity contribution in [1.29, 1.82) is 0 Å². The summed E-state index contributed by atoms with van der Waals surface area (Å²) < 4.78 is 0. The summed E-state index contributed by atoms with van der Waals surface area (Å²) >= 11 is 0. The van der Waals surface area contributed by atoms with Gasteiger partial charge in [0.2, 0.25) is 0 Å². The maximum atomic E-state index is 0. The van der Waals surface area contributed by atoms with Crippen molar-refractivity contribution in [3.63, 3.8) is 0 Å². The van der Waals surface area contributed by atoms with E-state index in [-0.39, 0.29) is 285 Å². The van der Waals surface area contributed by atoms with E-state index in [0.29, 0.717) is 0 Å². The molecule has 7 heavy (non-hydrogen) atoms. The molecular formula is H2EuHoLiLuNdRbSm. The van der Waals surface area contributed by atoms with Crippen LogP contribution in [-0.2, 0) is 0 Å². The van der Waals surface area contributed by atoms with Crippen LogP contribution in [0.4, 0.5) is 0 Å². The summed E-state index contributed by atoms with van der Waals surface area (Å²) in [5.41, 5.74) is 0. The van der Waals surface area contributed by atoms with Crippen LogP contribution in [0.1, 0.15) is 2.85 Å². The molecule has 0 heterocycles. The second-order valence-corrected chi connectivity index (χ2v) is 0. The van der Waals surface area contributed by atoms with E-state index in [1.165, 1.54) is 0 Å². The molecule has 3 radical (unpaired) electrons. The molecule has 0 nitrogen and oxygen atoms in total. The third-order valence-electron chi connectivity index (χ3n) is 0. The van der Waals surface area contributed by atoms with Crippen LogP contribution in [0.5, 0.6) is 0 Å². The molecule has 0 aromatic carbocycles. The van der Waals surface area contributed by atoms with Crippen LogP contribution in [0.25, 0.3) is 0 Å². The molecule has 0 fully saturated rings. The SMILES string of the molecule is [Eu].[H-].[H-].[Ho].[Li+].[Lu].[Nd].[Rb+].[Sm]. The zero-order chi connectivity index (χ0) is 0. The average Bonchev–Trinajstić information content (AvgIpc) is 0. The first kappa shape index (κ1) is 44.3. The van der Waals surface area contributed by atoms with Gasteiger partial charge in [0.15, 0.2) is 0 Å². The summed E-state index contributed by atoms with van der Waals surface area (Å²) in [5.74, 6) is 0. The Morgan fingerprint density at radius 1 is 1.14 bits per heavy atom. The molecule has 0 aromatic rings. The van der Waals surface area contributed by atoms with Crippen molar-refractivity contribution in [1.82, 2.24) is 0 Å². The molecule has 0 saturated carbocycles. The Morgan fingerprint density at radius 3 is 1.14 bits per heavy atom. The predicted molar refractivity (Wildman–Crippen MR) is 2.22 cm³/mol. The Kier molecular flexibility index (Phi) is 229. The largest absolute Gasteiger partial charge is 1.00 e. The zero-order valence-corrected chi connectivity index (χ0v) is 20.6. The third kappa shape index (κ3) is 31.3. The number of rotatable bonds is 0. The molecule has 0 rings (SSSR count). The molecule has 0 bridgehead atoms. The molecular weight excluding hydrogens is 879 g/mol. The fourth-order valence-corrected chi connectivity index (χ4v) is 0. The van der Waals surface area contributed by atoms with Crippen LogP contribution in [0.3, 0.4) is 0 Å². The number of hydrogen-bond acceptors (Lipinski definition) is 0. The fourth-order valence-electron chi connectivity index (χ4n) is 0. The second-order valence-electron chi connectivity index (χ2n) is 0. The van der Waals surface area contributed by atoms with Gasteiger partial charge in [0.05, 0.1) is 0 Å². The minimum absolute atomic E-state index is 0. The zero-order valence-electron chi connectivity index (χ0n) is 5.85. The van der Waals surface area contributed by atoms with E-state index < -0.39 is 0 Å². The summed E-state index contributed by atoms with van der Waals surface area (Å²) in [6, 6.07) is 0. The van der Waals surface area contributed by atoms with E-state index in [2.05, 4.69) is 0 Å². The van der Waals surface area contributed by atoms with Crippen LogP contribution >= 0.6 is 0 Å². The van der Waals surface area contributed by atoms with Gasteiger partial charge in [-0.2, -0.15) is 0 Å². The fraction of sp³-hybridized carbons (Fsp3) is 0. The first-order valence-corrected chi connectivity index (χ1v) is 0. The maximum Gasteiger partial charge on any atom is 1.00 e. The Labute approximate surface area is 274 Å². The Morgan fingerprint density at radius 2 is 1.14 bits per heavy atom. The predicted octanol–water partition coefficient (Wildman–Crippen LogP) is -5.77. The van der Waals surface area contributed by atoms with Gasteiger partial charge in [-0.05, 0) is 0 Å². The third-order valence-corrected chi connectivity index (χ3v) is 0. The van der Waals surface area contributed by atoms with Gasteiger partial charge >= 0.3 is 77.0 Å². The molecule has 0 N–H and O–H groups in total. The molecule has 0 aliphatic carbocycles. The minimum atomic E-state index is 0. The normalized spacial score (nSPS) is 0. The van der Waals surface area contributed by atoms with Gasteiger partial charge in [-0.1, -0.05) is 0 Å². The molecule has 0 aliphatic heterocycles. The smallest absolute Gasteiger partial charge is 1.00 e. The van der Waals surface area contributed by atoms with Crippen molar-refractivity contribution in [3.8, 4) is 0 Å².